The topological polar surface area (TPSA) is 82.1 Å². The van der Waals surface area contributed by atoms with Gasteiger partial charge in [-0.05, 0) is 98.3 Å². The van der Waals surface area contributed by atoms with Crippen LogP contribution in [-0.4, -0.2) is 53.3 Å². The number of halogens is 1. The van der Waals surface area contributed by atoms with Gasteiger partial charge in [-0.3, -0.25) is 10.2 Å². The number of carboxylic acids is 1. The number of carbonyl (C=O) groups excluding carboxylic acids is 1. The van der Waals surface area contributed by atoms with Crippen molar-refractivity contribution in [2.24, 2.45) is 0 Å². The highest BCUT2D eigenvalue weighted by molar-refractivity contribution is 6.30. The van der Waals surface area contributed by atoms with Crippen LogP contribution in [0.1, 0.15) is 48.7 Å². The molecule has 204 valence electrons. The summed E-state index contributed by atoms with van der Waals surface area (Å²) in [5, 5.41) is 12.9. The molecule has 0 aromatic heterocycles. The predicted octanol–water partition coefficient (Wildman–Crippen LogP) is 6.69. The summed E-state index contributed by atoms with van der Waals surface area (Å²) < 4.78 is 5.45. The summed E-state index contributed by atoms with van der Waals surface area (Å²) in [6, 6.07) is 19.6. The number of benzene rings is 3. The molecule has 2 aliphatic heterocycles. The summed E-state index contributed by atoms with van der Waals surface area (Å²) >= 11 is 6.15. The standard InChI is InChI=1S/C31H34ClN3O4/c1-31(2,3)39-30(38)33-25-10-12-27(20-4-8-24(32)9-5-20)23(17-25)18-34-14-15-35-26(19-34)11-6-21-16-22(29(36)37)7-13-28(21)35/h4-5,7-10,12-13,16-17,26H,6,11,14-15,18-19H2,1-3H3,(H,33,38)(H,36,37)/t26-/m1/s1. The Morgan fingerprint density at radius 3 is 2.54 bits per heavy atom. The molecule has 0 aliphatic carbocycles. The van der Waals surface area contributed by atoms with E-state index in [0.29, 0.717) is 22.3 Å². The number of aryl methyl sites for hydroxylation is 1. The average Bonchev–Trinajstić information content (AvgIpc) is 2.88. The molecule has 1 fully saturated rings. The van der Waals surface area contributed by atoms with E-state index in [0.717, 1.165) is 67.0 Å². The van der Waals surface area contributed by atoms with Crippen LogP contribution in [0.4, 0.5) is 16.2 Å². The SMILES string of the molecule is CC(C)(C)OC(=O)Nc1ccc(-c2ccc(Cl)cc2)c(CN2CCN3c4ccc(C(=O)O)cc4CC[C@@H]3C2)c1. The van der Waals surface area contributed by atoms with Crippen LogP contribution in [0.3, 0.4) is 0 Å². The molecule has 3 aromatic carbocycles. The fraction of sp³-hybridized carbons (Fsp3) is 0.355. The molecule has 0 bridgehead atoms. The fourth-order valence-electron chi connectivity index (χ4n) is 5.52. The molecule has 8 heteroatoms. The summed E-state index contributed by atoms with van der Waals surface area (Å²) in [6.45, 7) is 8.92. The van der Waals surface area contributed by atoms with E-state index in [2.05, 4.69) is 15.1 Å². The molecule has 2 aliphatic rings. The smallest absolute Gasteiger partial charge is 0.412 e. The van der Waals surface area contributed by atoms with Crippen molar-refractivity contribution in [2.75, 3.05) is 29.9 Å². The Morgan fingerprint density at radius 2 is 1.82 bits per heavy atom. The van der Waals surface area contributed by atoms with Crippen LogP contribution >= 0.6 is 11.6 Å². The molecule has 2 heterocycles. The lowest BCUT2D eigenvalue weighted by molar-refractivity contribution is 0.0634. The van der Waals surface area contributed by atoms with Gasteiger partial charge in [0.1, 0.15) is 5.60 Å². The number of aromatic carboxylic acids is 1. The van der Waals surface area contributed by atoms with E-state index in [1.165, 1.54) is 0 Å². The Bertz CT molecular complexity index is 1380. The van der Waals surface area contributed by atoms with Gasteiger partial charge in [-0.25, -0.2) is 9.59 Å². The van der Waals surface area contributed by atoms with E-state index in [9.17, 15) is 14.7 Å². The molecule has 0 spiro atoms. The number of nitrogens with zero attached hydrogens (tertiary/aromatic N) is 2. The van der Waals surface area contributed by atoms with E-state index < -0.39 is 17.7 Å². The molecule has 1 saturated heterocycles. The highest BCUT2D eigenvalue weighted by atomic mass is 35.5. The average molecular weight is 548 g/mol. The first-order valence-corrected chi connectivity index (χ1v) is 13.7. The minimum Gasteiger partial charge on any atom is -0.478 e. The van der Waals surface area contributed by atoms with Gasteiger partial charge in [0.25, 0.3) is 0 Å². The molecule has 39 heavy (non-hydrogen) atoms. The Hall–Kier alpha value is -3.55. The lowest BCUT2D eigenvalue weighted by Gasteiger charge is -2.46. The van der Waals surface area contributed by atoms with Crippen molar-refractivity contribution in [1.82, 2.24) is 4.90 Å². The molecular weight excluding hydrogens is 514 g/mol. The number of carbonyl (C=O) groups is 2. The zero-order valence-corrected chi connectivity index (χ0v) is 23.3. The summed E-state index contributed by atoms with van der Waals surface area (Å²) in [6.07, 6.45) is 1.38. The van der Waals surface area contributed by atoms with E-state index in [4.69, 9.17) is 16.3 Å². The third kappa shape index (κ3) is 6.37. The zero-order valence-electron chi connectivity index (χ0n) is 22.5. The van der Waals surface area contributed by atoms with Crippen LogP contribution in [-0.2, 0) is 17.7 Å². The van der Waals surface area contributed by atoms with Gasteiger partial charge < -0.3 is 14.7 Å². The second-order valence-electron chi connectivity index (χ2n) is 11.3. The summed E-state index contributed by atoms with van der Waals surface area (Å²) in [4.78, 5) is 28.8. The van der Waals surface area contributed by atoms with Crippen molar-refractivity contribution in [2.45, 2.75) is 51.8 Å². The Labute approximate surface area is 234 Å². The zero-order chi connectivity index (χ0) is 27.7. The largest absolute Gasteiger partial charge is 0.478 e. The van der Waals surface area contributed by atoms with E-state index in [-0.39, 0.29) is 0 Å². The molecule has 2 N–H and O–H groups in total. The van der Waals surface area contributed by atoms with Gasteiger partial charge in [-0.2, -0.15) is 0 Å². The van der Waals surface area contributed by atoms with Crippen molar-refractivity contribution in [3.05, 3.63) is 82.4 Å². The van der Waals surface area contributed by atoms with Crippen molar-refractivity contribution in [1.29, 1.82) is 0 Å². The van der Waals surface area contributed by atoms with Gasteiger partial charge in [-0.15, -0.1) is 0 Å². The Kier molecular flexibility index (Phi) is 7.56. The Morgan fingerprint density at radius 1 is 1.05 bits per heavy atom. The number of hydrogen-bond acceptors (Lipinski definition) is 5. The molecule has 0 radical (unpaired) electrons. The number of nitrogens with one attached hydrogen (secondary N) is 1. The first kappa shape index (κ1) is 27.0. The van der Waals surface area contributed by atoms with Crippen LogP contribution in [0.25, 0.3) is 11.1 Å². The van der Waals surface area contributed by atoms with Gasteiger partial charge in [-0.1, -0.05) is 29.8 Å². The summed E-state index contributed by atoms with van der Waals surface area (Å²) in [7, 11) is 0. The lowest BCUT2D eigenvalue weighted by Crippen LogP contribution is -2.54. The normalized spacial score (nSPS) is 17.2. The van der Waals surface area contributed by atoms with Crippen LogP contribution in [0.2, 0.25) is 5.02 Å². The monoisotopic (exact) mass is 547 g/mol. The summed E-state index contributed by atoms with van der Waals surface area (Å²) in [5.74, 6) is -0.885. The highest BCUT2D eigenvalue weighted by Crippen LogP contribution is 2.35. The van der Waals surface area contributed by atoms with Crippen LogP contribution < -0.4 is 10.2 Å². The van der Waals surface area contributed by atoms with E-state index >= 15 is 0 Å². The number of fused-ring (bicyclic) bond motifs is 3. The first-order chi connectivity index (χ1) is 18.6. The van der Waals surface area contributed by atoms with Crippen LogP contribution in [0, 0.1) is 0 Å². The maximum absolute atomic E-state index is 12.4. The molecule has 0 saturated carbocycles. The number of anilines is 2. The quantitative estimate of drug-likeness (QED) is 0.370. The maximum Gasteiger partial charge on any atom is 0.412 e. The molecular formula is C31H34ClN3O4. The van der Waals surface area contributed by atoms with Crippen LogP contribution in [0.5, 0.6) is 0 Å². The van der Waals surface area contributed by atoms with Gasteiger partial charge in [0.05, 0.1) is 5.56 Å². The second-order valence-corrected chi connectivity index (χ2v) is 11.7. The van der Waals surface area contributed by atoms with Gasteiger partial charge in [0.2, 0.25) is 0 Å². The lowest BCUT2D eigenvalue weighted by atomic mass is 9.92. The van der Waals surface area contributed by atoms with Crippen LogP contribution in [0.15, 0.2) is 60.7 Å². The first-order valence-electron chi connectivity index (χ1n) is 13.3. The Balaban J connectivity index is 1.36. The molecule has 5 rings (SSSR count). The van der Waals surface area contributed by atoms with Gasteiger partial charge in [0.15, 0.2) is 0 Å². The number of carboxylic acid groups (broad SMARTS) is 1. The van der Waals surface area contributed by atoms with Gasteiger partial charge >= 0.3 is 12.1 Å². The minimum atomic E-state index is -0.885. The third-order valence-electron chi connectivity index (χ3n) is 7.25. The highest BCUT2D eigenvalue weighted by Gasteiger charge is 2.32. The predicted molar refractivity (Wildman–Crippen MR) is 155 cm³/mol. The maximum atomic E-state index is 12.4. The van der Waals surface area contributed by atoms with Crippen molar-refractivity contribution in [3.63, 3.8) is 0 Å². The van der Waals surface area contributed by atoms with E-state index in [1.807, 2.05) is 75.4 Å². The fourth-order valence-corrected chi connectivity index (χ4v) is 5.65. The van der Waals surface area contributed by atoms with E-state index in [1.54, 1.807) is 6.07 Å². The minimum absolute atomic E-state index is 0.348. The molecule has 7 nitrogen and oxygen atoms in total. The number of piperazine rings is 1. The van der Waals surface area contributed by atoms with Gasteiger partial charge in [0, 0.05) is 48.6 Å². The number of ether oxygens (including phenoxy) is 1. The number of amides is 1. The second kappa shape index (κ2) is 10.9. The van der Waals surface area contributed by atoms with Crippen molar-refractivity contribution in [3.8, 4) is 11.1 Å². The molecule has 0 unspecified atom stereocenters. The summed E-state index contributed by atoms with van der Waals surface area (Å²) in [5.41, 5.74) is 6.01. The number of hydrogen-bond donors (Lipinski definition) is 2. The molecule has 1 atom stereocenters. The molecule has 1 amide bonds. The van der Waals surface area contributed by atoms with Crippen molar-refractivity contribution >= 4 is 35.0 Å². The third-order valence-corrected chi connectivity index (χ3v) is 7.50. The van der Waals surface area contributed by atoms with Crippen molar-refractivity contribution < 1.29 is 19.4 Å². The number of rotatable bonds is 5. The molecule has 3 aromatic rings.